The van der Waals surface area contributed by atoms with Gasteiger partial charge in [-0.05, 0) is 98.2 Å². The molecule has 4 aliphatic rings. The molecule has 0 saturated carbocycles. The Morgan fingerprint density at radius 2 is 1.25 bits per heavy atom. The molecule has 0 bridgehead atoms. The minimum absolute atomic E-state index is 0.00160. The lowest BCUT2D eigenvalue weighted by atomic mass is 9.99. The maximum Gasteiger partial charge on any atom is 0.329 e. The van der Waals surface area contributed by atoms with E-state index in [4.69, 9.17) is 29.3 Å². The molecule has 17 nitrogen and oxygen atoms in total. The van der Waals surface area contributed by atoms with Crippen molar-refractivity contribution in [1.82, 2.24) is 49.4 Å². The Hall–Kier alpha value is -6.70. The van der Waals surface area contributed by atoms with Crippen molar-refractivity contribution in [1.29, 1.82) is 0 Å². The van der Waals surface area contributed by atoms with Crippen molar-refractivity contribution in [2.24, 2.45) is 0 Å². The molecule has 2 N–H and O–H groups in total. The van der Waals surface area contributed by atoms with Crippen LogP contribution in [0.25, 0.3) is 22.4 Å². The van der Waals surface area contributed by atoms with E-state index in [2.05, 4.69) is 42.6 Å². The number of nitrogens with one attached hydrogen (secondary N) is 1. The molecule has 19 heteroatoms. The highest BCUT2D eigenvalue weighted by atomic mass is 19.1. The predicted molar refractivity (Wildman–Crippen MR) is 243 cm³/mol. The third kappa shape index (κ3) is 11.0. The Morgan fingerprint density at radius 1 is 0.701 bits per heavy atom. The number of nitrogens with zero attached hydrogens (tertiary/aromatic N) is 9. The van der Waals surface area contributed by atoms with Gasteiger partial charge in [0.05, 0.1) is 13.2 Å². The molecule has 4 aromatic heterocycles. The van der Waals surface area contributed by atoms with Crippen LogP contribution >= 0.6 is 0 Å². The van der Waals surface area contributed by atoms with Gasteiger partial charge in [-0.3, -0.25) is 13.6 Å². The highest BCUT2D eigenvalue weighted by Gasteiger charge is 2.24. The molecule has 2 aromatic carbocycles. The summed E-state index contributed by atoms with van der Waals surface area (Å²) in [7, 11) is 2.87. The lowest BCUT2D eigenvalue weighted by Gasteiger charge is -2.20. The maximum atomic E-state index is 14.5. The zero-order valence-electron chi connectivity index (χ0n) is 37.7. The standard InChI is InChI=1S/C24H26FN5O3.C21H22FN5O.C3H6O3/c1-32-14-23(31)29-10-2-3-16(8-11-29)19-13-26-22(30-15-27-28-24(19)30)7-4-17-18-9-12-33-21(18)6-5-20(17)25;22-18-4-5-19-16(8-11-28-19)15(18)3-6-20-24-12-17(21-26-25-13-27(20)21)14-2-1-9-23-10-7-14;1-6-2-3(4)5/h3,5-6,13,15H,2,4,7-12,14H2,1H3;2,4-5,12-13,23H,1,3,6-11H2;2H2,1H3,(H,4,5). The number of carboxylic acids is 1. The number of fused-ring (bicyclic) bond motifs is 4. The molecule has 4 aliphatic heterocycles. The van der Waals surface area contributed by atoms with Gasteiger partial charge in [0.25, 0.3) is 0 Å². The van der Waals surface area contributed by atoms with E-state index in [-0.39, 0.29) is 30.8 Å². The number of rotatable bonds is 12. The summed E-state index contributed by atoms with van der Waals surface area (Å²) in [6, 6.07) is 6.40. The average Bonchev–Trinajstić information content (AvgIpc) is 4.14. The molecule has 0 radical (unpaired) electrons. The Labute approximate surface area is 385 Å². The molecule has 6 aromatic rings. The molecule has 0 atom stereocenters. The smallest absolute Gasteiger partial charge is 0.329 e. The number of halogens is 2. The van der Waals surface area contributed by atoms with Crippen LogP contribution in [0.2, 0.25) is 0 Å². The van der Waals surface area contributed by atoms with Gasteiger partial charge in [0.1, 0.15) is 60.7 Å². The minimum atomic E-state index is -0.933. The number of hydrogen-bond acceptors (Lipinski definition) is 13. The number of aliphatic carboxylic acids is 1. The van der Waals surface area contributed by atoms with E-state index in [1.807, 2.05) is 26.1 Å². The molecular weight excluding hydrogens is 867 g/mol. The van der Waals surface area contributed by atoms with Gasteiger partial charge in [-0.25, -0.2) is 23.5 Å². The lowest BCUT2D eigenvalue weighted by molar-refractivity contribution is -0.141. The first-order valence-corrected chi connectivity index (χ1v) is 22.5. The number of hydrogen-bond donors (Lipinski definition) is 2. The van der Waals surface area contributed by atoms with Crippen molar-refractivity contribution < 1.29 is 42.4 Å². The van der Waals surface area contributed by atoms with Crippen LogP contribution in [-0.4, -0.2) is 128 Å². The molecule has 0 aliphatic carbocycles. The van der Waals surface area contributed by atoms with Crippen LogP contribution in [0.3, 0.4) is 0 Å². The topological polar surface area (TPSA) is 193 Å². The Kier molecular flexibility index (Phi) is 15.5. The number of ether oxygens (including phenoxy) is 4. The number of carbonyl (C=O) groups is 2. The first-order valence-electron chi connectivity index (χ1n) is 22.5. The van der Waals surface area contributed by atoms with Crippen LogP contribution in [0, 0.1) is 11.6 Å². The zero-order valence-corrected chi connectivity index (χ0v) is 37.7. The van der Waals surface area contributed by atoms with Crippen molar-refractivity contribution in [2.45, 2.75) is 64.2 Å². The van der Waals surface area contributed by atoms with Gasteiger partial charge >= 0.3 is 5.97 Å². The molecule has 0 fully saturated rings. The van der Waals surface area contributed by atoms with Gasteiger partial charge in [0.2, 0.25) is 5.91 Å². The Balaban J connectivity index is 0.000000164. The summed E-state index contributed by atoms with van der Waals surface area (Å²) in [6.45, 7) is 4.34. The second-order valence-corrected chi connectivity index (χ2v) is 16.4. The van der Waals surface area contributed by atoms with E-state index in [1.165, 1.54) is 31.9 Å². The summed E-state index contributed by atoms with van der Waals surface area (Å²) in [5, 5.41) is 28.1. The summed E-state index contributed by atoms with van der Waals surface area (Å²) in [5.74, 6) is 1.90. The quantitative estimate of drug-likeness (QED) is 0.165. The Bertz CT molecular complexity index is 2790. The van der Waals surface area contributed by atoms with Crippen LogP contribution in [0.5, 0.6) is 11.5 Å². The number of carbonyl (C=O) groups excluding carboxylic acids is 1. The number of benzene rings is 2. The summed E-state index contributed by atoms with van der Waals surface area (Å²) in [6.07, 6.45) is 18.7. The zero-order chi connectivity index (χ0) is 46.7. The lowest BCUT2D eigenvalue weighted by Crippen LogP contribution is -2.34. The Morgan fingerprint density at radius 3 is 1.79 bits per heavy atom. The predicted octanol–water partition coefficient (Wildman–Crippen LogP) is 5.10. The van der Waals surface area contributed by atoms with Gasteiger partial charge in [-0.1, -0.05) is 12.2 Å². The molecule has 0 spiro atoms. The van der Waals surface area contributed by atoms with Crippen molar-refractivity contribution in [2.75, 3.05) is 66.8 Å². The van der Waals surface area contributed by atoms with E-state index >= 15 is 0 Å². The van der Waals surface area contributed by atoms with Crippen LogP contribution in [0.15, 0.2) is 61.5 Å². The van der Waals surface area contributed by atoms with Crippen LogP contribution in [-0.2, 0) is 57.6 Å². The fraction of sp³-hybridized carbons (Fsp3) is 0.417. The van der Waals surface area contributed by atoms with Crippen molar-refractivity contribution >= 4 is 34.3 Å². The van der Waals surface area contributed by atoms with Crippen LogP contribution in [0.4, 0.5) is 8.78 Å². The third-order valence-corrected chi connectivity index (χ3v) is 12.2. The molecular formula is C48H54F2N10O7. The van der Waals surface area contributed by atoms with Crippen LogP contribution < -0.4 is 14.8 Å². The average molecular weight is 921 g/mol. The number of aromatic nitrogens is 8. The molecule has 0 unspecified atom stereocenters. The van der Waals surface area contributed by atoms with Gasteiger partial charge in [-0.2, -0.15) is 0 Å². The second-order valence-electron chi connectivity index (χ2n) is 16.4. The van der Waals surface area contributed by atoms with Gasteiger partial charge < -0.3 is 34.3 Å². The molecule has 67 heavy (non-hydrogen) atoms. The maximum absolute atomic E-state index is 14.5. The van der Waals surface area contributed by atoms with Gasteiger partial charge in [0, 0.05) is 87.6 Å². The molecule has 0 saturated heterocycles. The number of aryl methyl sites for hydroxylation is 2. The van der Waals surface area contributed by atoms with Crippen molar-refractivity contribution in [3.8, 4) is 11.5 Å². The van der Waals surface area contributed by atoms with E-state index in [9.17, 15) is 18.4 Å². The van der Waals surface area contributed by atoms with Crippen molar-refractivity contribution in [3.63, 3.8) is 0 Å². The largest absolute Gasteiger partial charge is 0.493 e. The second kappa shape index (κ2) is 22.2. The number of methoxy groups -OCH3 is 2. The first-order chi connectivity index (χ1) is 32.7. The van der Waals surface area contributed by atoms with E-state index in [0.29, 0.717) is 64.0 Å². The third-order valence-electron chi connectivity index (χ3n) is 12.2. The molecule has 8 heterocycles. The highest BCUT2D eigenvalue weighted by Crippen LogP contribution is 2.33. The van der Waals surface area contributed by atoms with E-state index in [1.54, 1.807) is 24.8 Å². The summed E-state index contributed by atoms with van der Waals surface area (Å²) < 4.78 is 53.1. The van der Waals surface area contributed by atoms with E-state index in [0.717, 1.165) is 113 Å². The monoisotopic (exact) mass is 920 g/mol. The van der Waals surface area contributed by atoms with Crippen molar-refractivity contribution in [3.05, 3.63) is 118 Å². The highest BCUT2D eigenvalue weighted by molar-refractivity contribution is 5.80. The molecule has 10 rings (SSSR count). The van der Waals surface area contributed by atoms with E-state index < -0.39 is 5.97 Å². The summed E-state index contributed by atoms with van der Waals surface area (Å²) in [4.78, 5) is 32.9. The van der Waals surface area contributed by atoms with Crippen LogP contribution in [0.1, 0.15) is 70.7 Å². The normalized spacial score (nSPS) is 15.4. The first kappa shape index (κ1) is 46.8. The fourth-order valence-corrected chi connectivity index (χ4v) is 8.94. The fourth-order valence-electron chi connectivity index (χ4n) is 8.94. The number of carboxylic acid groups (broad SMARTS) is 1. The summed E-state index contributed by atoms with van der Waals surface area (Å²) >= 11 is 0. The van der Waals surface area contributed by atoms with Gasteiger partial charge in [0.15, 0.2) is 11.3 Å². The SMILES string of the molecule is COCC(=O)N1CCC=C(c2cnc(CCc3c(F)ccc4c3CCO4)n3cnnc23)CC1.COCC(=O)O.Fc1ccc2c(c1CCc1ncc(C3=CCCNCC3)c3nncn13)CCO2. The molecule has 352 valence electrons. The molecule has 1 amide bonds. The van der Waals surface area contributed by atoms with Gasteiger partial charge in [-0.15, -0.1) is 20.4 Å². The minimum Gasteiger partial charge on any atom is -0.493 e. The summed E-state index contributed by atoms with van der Waals surface area (Å²) in [5.41, 5.74) is 9.24. The number of amides is 1.